The molecule has 4 heteroatoms. The van der Waals surface area contributed by atoms with Crippen molar-refractivity contribution in [3.63, 3.8) is 0 Å². The number of hydrogen-bond donors (Lipinski definition) is 0. The summed E-state index contributed by atoms with van der Waals surface area (Å²) in [5.41, 5.74) is 3.48. The monoisotopic (exact) mass is 241 g/mol. The van der Waals surface area contributed by atoms with Crippen LogP contribution in [0, 0.1) is 6.92 Å². The number of allylic oxidation sites excluding steroid dienone is 2. The second-order valence-corrected chi connectivity index (χ2v) is 4.70. The molecule has 2 aromatic rings. The molecule has 92 valence electrons. The Bertz CT molecular complexity index is 685. The third-order valence-corrected chi connectivity index (χ3v) is 3.36. The minimum Gasteiger partial charge on any atom is -0.267 e. The molecule has 0 atom stereocenters. The van der Waals surface area contributed by atoms with E-state index < -0.39 is 0 Å². The Morgan fingerprint density at radius 1 is 1.28 bits per heavy atom. The van der Waals surface area contributed by atoms with Crippen molar-refractivity contribution in [3.05, 3.63) is 46.1 Å². The van der Waals surface area contributed by atoms with E-state index in [2.05, 4.69) is 16.2 Å². The fourth-order valence-corrected chi connectivity index (χ4v) is 2.47. The quantitative estimate of drug-likeness (QED) is 0.770. The lowest BCUT2D eigenvalue weighted by atomic mass is 9.94. The highest BCUT2D eigenvalue weighted by Gasteiger charge is 2.14. The van der Waals surface area contributed by atoms with E-state index in [1.807, 2.05) is 19.1 Å². The Kier molecular flexibility index (Phi) is 2.70. The summed E-state index contributed by atoms with van der Waals surface area (Å²) < 4.78 is 1.70. The third kappa shape index (κ3) is 1.83. The molecule has 0 saturated heterocycles. The molecule has 0 fully saturated rings. The lowest BCUT2D eigenvalue weighted by Gasteiger charge is -2.13. The van der Waals surface area contributed by atoms with Gasteiger partial charge in [0.25, 0.3) is 5.56 Å². The van der Waals surface area contributed by atoms with Crippen molar-refractivity contribution >= 4 is 11.1 Å². The SMILES string of the molecule is Cc1ccc2c(C3=CCCCC3)c(=O)ncn2n1. The molecule has 1 aliphatic rings. The van der Waals surface area contributed by atoms with Crippen LogP contribution in [0.2, 0.25) is 0 Å². The maximum atomic E-state index is 12.0. The summed E-state index contributed by atoms with van der Waals surface area (Å²) in [7, 11) is 0. The minimum atomic E-state index is -0.145. The predicted octanol–water partition coefficient (Wildman–Crippen LogP) is 2.36. The summed E-state index contributed by atoms with van der Waals surface area (Å²) in [5.74, 6) is 0. The highest BCUT2D eigenvalue weighted by Crippen LogP contribution is 2.26. The van der Waals surface area contributed by atoms with Gasteiger partial charge in [-0.3, -0.25) is 4.79 Å². The van der Waals surface area contributed by atoms with Gasteiger partial charge in [0.2, 0.25) is 0 Å². The topological polar surface area (TPSA) is 47.3 Å². The molecule has 4 nitrogen and oxygen atoms in total. The van der Waals surface area contributed by atoms with Gasteiger partial charge in [-0.15, -0.1) is 0 Å². The fourth-order valence-electron chi connectivity index (χ4n) is 2.47. The van der Waals surface area contributed by atoms with E-state index in [1.54, 1.807) is 4.52 Å². The molecule has 0 amide bonds. The lowest BCUT2D eigenvalue weighted by Crippen LogP contribution is -2.17. The second-order valence-electron chi connectivity index (χ2n) is 4.70. The molecule has 0 N–H and O–H groups in total. The Labute approximate surface area is 105 Å². The molecular weight excluding hydrogens is 226 g/mol. The van der Waals surface area contributed by atoms with Crippen molar-refractivity contribution in [3.8, 4) is 0 Å². The van der Waals surface area contributed by atoms with E-state index >= 15 is 0 Å². The number of fused-ring (bicyclic) bond motifs is 1. The van der Waals surface area contributed by atoms with Crippen LogP contribution in [-0.2, 0) is 0 Å². The Hall–Kier alpha value is -1.97. The van der Waals surface area contributed by atoms with Crippen LogP contribution in [0.4, 0.5) is 0 Å². The van der Waals surface area contributed by atoms with Crippen molar-refractivity contribution in [1.82, 2.24) is 14.6 Å². The fraction of sp³-hybridized carbons (Fsp3) is 0.357. The largest absolute Gasteiger partial charge is 0.280 e. The van der Waals surface area contributed by atoms with Gasteiger partial charge >= 0.3 is 0 Å². The zero-order valence-corrected chi connectivity index (χ0v) is 10.4. The lowest BCUT2D eigenvalue weighted by molar-refractivity contribution is 0.740. The van der Waals surface area contributed by atoms with Gasteiger partial charge in [-0.25, -0.2) is 4.52 Å². The zero-order valence-electron chi connectivity index (χ0n) is 10.4. The summed E-state index contributed by atoms with van der Waals surface area (Å²) in [6, 6.07) is 3.89. The van der Waals surface area contributed by atoms with E-state index in [4.69, 9.17) is 0 Å². The highest BCUT2D eigenvalue weighted by atomic mass is 16.1. The number of hydrogen-bond acceptors (Lipinski definition) is 3. The van der Waals surface area contributed by atoms with Crippen molar-refractivity contribution in [2.75, 3.05) is 0 Å². The summed E-state index contributed by atoms with van der Waals surface area (Å²) in [4.78, 5) is 16.0. The summed E-state index contributed by atoms with van der Waals surface area (Å²) >= 11 is 0. The third-order valence-electron chi connectivity index (χ3n) is 3.36. The number of rotatable bonds is 1. The first-order valence-electron chi connectivity index (χ1n) is 6.30. The first kappa shape index (κ1) is 11.1. The van der Waals surface area contributed by atoms with Gasteiger partial charge in [0.1, 0.15) is 6.33 Å². The molecule has 0 saturated carbocycles. The molecule has 3 rings (SSSR count). The van der Waals surface area contributed by atoms with Crippen molar-refractivity contribution < 1.29 is 0 Å². The molecule has 0 spiro atoms. The molecule has 0 radical (unpaired) electrons. The normalized spacial score (nSPS) is 15.7. The molecule has 0 unspecified atom stereocenters. The first-order valence-corrected chi connectivity index (χ1v) is 6.30. The molecule has 18 heavy (non-hydrogen) atoms. The summed E-state index contributed by atoms with van der Waals surface area (Å²) in [6.07, 6.45) is 8.03. The van der Waals surface area contributed by atoms with Crippen LogP contribution in [0.3, 0.4) is 0 Å². The molecule has 1 aliphatic carbocycles. The average molecular weight is 241 g/mol. The molecular formula is C14H15N3O. The van der Waals surface area contributed by atoms with Crippen LogP contribution >= 0.6 is 0 Å². The zero-order chi connectivity index (χ0) is 12.5. The standard InChI is InChI=1S/C14H15N3O/c1-10-7-8-12-13(11-5-3-2-4-6-11)14(18)15-9-17(12)16-10/h5,7-9H,2-4,6H2,1H3. The van der Waals surface area contributed by atoms with Gasteiger partial charge in [0, 0.05) is 0 Å². The van der Waals surface area contributed by atoms with Crippen LogP contribution in [-0.4, -0.2) is 14.6 Å². The maximum Gasteiger partial charge on any atom is 0.280 e. The molecule has 0 bridgehead atoms. The van der Waals surface area contributed by atoms with Gasteiger partial charge in [-0.05, 0) is 50.3 Å². The van der Waals surface area contributed by atoms with Crippen molar-refractivity contribution in [1.29, 1.82) is 0 Å². The molecule has 0 aromatic carbocycles. The van der Waals surface area contributed by atoms with Crippen molar-refractivity contribution in [2.24, 2.45) is 0 Å². The molecule has 2 aromatic heterocycles. The second kappa shape index (κ2) is 4.37. The Morgan fingerprint density at radius 2 is 2.17 bits per heavy atom. The van der Waals surface area contributed by atoms with E-state index in [1.165, 1.54) is 12.7 Å². The Morgan fingerprint density at radius 3 is 2.94 bits per heavy atom. The summed E-state index contributed by atoms with van der Waals surface area (Å²) in [5, 5.41) is 4.36. The number of nitrogens with zero attached hydrogens (tertiary/aromatic N) is 3. The molecule has 2 heterocycles. The van der Waals surface area contributed by atoms with Crippen LogP contribution in [0.5, 0.6) is 0 Å². The van der Waals surface area contributed by atoms with E-state index in [0.29, 0.717) is 0 Å². The highest BCUT2D eigenvalue weighted by molar-refractivity contribution is 5.77. The Balaban J connectivity index is 2.29. The van der Waals surface area contributed by atoms with Gasteiger partial charge in [0.15, 0.2) is 0 Å². The van der Waals surface area contributed by atoms with Gasteiger partial charge in [-0.2, -0.15) is 10.1 Å². The smallest absolute Gasteiger partial charge is 0.267 e. The number of aryl methyl sites for hydroxylation is 1. The predicted molar refractivity (Wildman–Crippen MR) is 70.4 cm³/mol. The number of aromatic nitrogens is 3. The minimum absolute atomic E-state index is 0.145. The van der Waals surface area contributed by atoms with Crippen LogP contribution < -0.4 is 5.56 Å². The van der Waals surface area contributed by atoms with E-state index in [-0.39, 0.29) is 5.56 Å². The first-order chi connectivity index (χ1) is 8.75. The van der Waals surface area contributed by atoms with Gasteiger partial charge < -0.3 is 0 Å². The van der Waals surface area contributed by atoms with Crippen LogP contribution in [0.1, 0.15) is 36.9 Å². The van der Waals surface area contributed by atoms with Crippen LogP contribution in [0.25, 0.3) is 11.1 Å². The van der Waals surface area contributed by atoms with Gasteiger partial charge in [0.05, 0.1) is 16.8 Å². The van der Waals surface area contributed by atoms with Crippen molar-refractivity contribution in [2.45, 2.75) is 32.6 Å². The van der Waals surface area contributed by atoms with E-state index in [0.717, 1.165) is 41.6 Å². The van der Waals surface area contributed by atoms with E-state index in [9.17, 15) is 4.79 Å². The molecule has 0 aliphatic heterocycles. The van der Waals surface area contributed by atoms with Gasteiger partial charge in [-0.1, -0.05) is 6.08 Å². The summed E-state index contributed by atoms with van der Waals surface area (Å²) in [6.45, 7) is 1.93. The average Bonchev–Trinajstić information content (AvgIpc) is 2.40. The van der Waals surface area contributed by atoms with Crippen LogP contribution in [0.15, 0.2) is 29.3 Å². The maximum absolute atomic E-state index is 12.0.